The van der Waals surface area contributed by atoms with Crippen LogP contribution in [-0.4, -0.2) is 88.0 Å². The van der Waals surface area contributed by atoms with Gasteiger partial charge in [-0.15, -0.1) is 0 Å². The van der Waals surface area contributed by atoms with Gasteiger partial charge in [0, 0.05) is 19.1 Å². The van der Waals surface area contributed by atoms with Crippen molar-refractivity contribution in [1.29, 1.82) is 0 Å². The van der Waals surface area contributed by atoms with E-state index in [-0.39, 0.29) is 11.1 Å². The molecular formula is C24H31N4O13P+2. The number of hydrogen-bond acceptors (Lipinski definition) is 13. The summed E-state index contributed by atoms with van der Waals surface area (Å²) < 4.78 is 42.3. The minimum atomic E-state index is -4.73. The van der Waals surface area contributed by atoms with E-state index in [0.717, 1.165) is 6.92 Å². The molecule has 8 atom stereocenters. The van der Waals surface area contributed by atoms with Crippen LogP contribution < -0.4 is 20.6 Å². The number of phosphoric ester groups is 1. The molecule has 4 rings (SSSR count). The van der Waals surface area contributed by atoms with Gasteiger partial charge in [-0.25, -0.2) is 4.57 Å². The first kappa shape index (κ1) is 31.6. The van der Waals surface area contributed by atoms with E-state index in [4.69, 9.17) is 34.5 Å². The van der Waals surface area contributed by atoms with Crippen molar-refractivity contribution in [2.24, 2.45) is 11.5 Å². The highest BCUT2D eigenvalue weighted by Crippen LogP contribution is 2.51. The summed E-state index contributed by atoms with van der Waals surface area (Å²) in [6.45, 7) is -0.444. The Morgan fingerprint density at radius 3 is 1.57 bits per heavy atom. The molecule has 228 valence electrons. The molecule has 0 radical (unpaired) electrons. The molecule has 2 aliphatic rings. The zero-order chi connectivity index (χ0) is 30.8. The van der Waals surface area contributed by atoms with Crippen molar-refractivity contribution >= 4 is 25.6 Å². The lowest BCUT2D eigenvalue weighted by Crippen LogP contribution is -2.46. The molecule has 0 spiro atoms. The predicted molar refractivity (Wildman–Crippen MR) is 133 cm³/mol. The maximum atomic E-state index is 13.3. The fraction of sp³-hybridized carbons (Fsp3) is 0.458. The smallest absolute Gasteiger partial charge is 0.387 e. The van der Waals surface area contributed by atoms with Crippen molar-refractivity contribution < 1.29 is 71.6 Å². The first-order valence-corrected chi connectivity index (χ1v) is 14.0. The normalized spacial score (nSPS) is 29.4. The van der Waals surface area contributed by atoms with Gasteiger partial charge in [0.15, 0.2) is 37.0 Å². The van der Waals surface area contributed by atoms with Gasteiger partial charge in [-0.3, -0.25) is 23.4 Å². The van der Waals surface area contributed by atoms with Crippen LogP contribution in [0.5, 0.6) is 0 Å². The van der Waals surface area contributed by atoms with Crippen molar-refractivity contribution in [3.63, 3.8) is 0 Å². The molecule has 4 heterocycles. The Bertz CT molecular complexity index is 1290. The number of hydrogen-bond donors (Lipinski definition) is 6. The second-order valence-electron chi connectivity index (χ2n) is 9.52. The lowest BCUT2D eigenvalue weighted by molar-refractivity contribution is -0.766. The Morgan fingerprint density at radius 1 is 0.810 bits per heavy atom. The maximum Gasteiger partial charge on any atom is 0.532 e. The molecule has 18 heteroatoms. The van der Waals surface area contributed by atoms with Gasteiger partial charge in [-0.1, -0.05) is 0 Å². The quantitative estimate of drug-likeness (QED) is 0.110. The summed E-state index contributed by atoms with van der Waals surface area (Å²) in [5.41, 5.74) is 10.8. The Labute approximate surface area is 238 Å². The maximum absolute atomic E-state index is 13.3. The van der Waals surface area contributed by atoms with Crippen molar-refractivity contribution in [1.82, 2.24) is 0 Å². The molecule has 2 aromatic rings. The van der Waals surface area contributed by atoms with Crippen LogP contribution in [0.25, 0.3) is 0 Å². The average molecular weight is 615 g/mol. The second kappa shape index (κ2) is 12.9. The summed E-state index contributed by atoms with van der Waals surface area (Å²) in [5.74, 6) is -2.51. The van der Waals surface area contributed by atoms with Gasteiger partial charge >= 0.3 is 13.8 Å². The van der Waals surface area contributed by atoms with E-state index in [0.29, 0.717) is 0 Å². The zero-order valence-corrected chi connectivity index (χ0v) is 23.0. The number of carbonyl (C=O) groups is 3. The number of aliphatic hydroxyl groups excluding tert-OH is 4. The molecule has 2 saturated heterocycles. The van der Waals surface area contributed by atoms with Crippen LogP contribution in [0.4, 0.5) is 0 Å². The van der Waals surface area contributed by atoms with Crippen LogP contribution in [0.3, 0.4) is 0 Å². The van der Waals surface area contributed by atoms with Gasteiger partial charge in [-0.2, -0.15) is 9.13 Å². The van der Waals surface area contributed by atoms with E-state index in [1.807, 2.05) is 0 Å². The van der Waals surface area contributed by atoms with Gasteiger partial charge in [0.2, 0.25) is 0 Å². The third-order valence-corrected chi connectivity index (χ3v) is 7.92. The molecule has 42 heavy (non-hydrogen) atoms. The van der Waals surface area contributed by atoms with Crippen molar-refractivity contribution in [2.45, 2.75) is 56.0 Å². The summed E-state index contributed by atoms with van der Waals surface area (Å²) in [6, 6.07) is 5.83. The lowest BCUT2D eigenvalue weighted by atomic mass is 10.1. The number of aliphatic hydroxyl groups is 4. The SMILES string of the molecule is CC(=O)OP(=O)(OC[C@H]1O[C@@H]([n+]2cccc(C(N)=O)c2)[C@H](O)[C@@H]1O)OC[C@H]1O[C@@H]([n+]2cccc(C(N)=O)c2)[C@H](O)[C@@H]1O. The summed E-state index contributed by atoms with van der Waals surface area (Å²) in [7, 11) is -4.73. The van der Waals surface area contributed by atoms with Crippen LogP contribution in [0.15, 0.2) is 49.1 Å². The predicted octanol–water partition coefficient (Wildman–Crippen LogP) is -2.90. The monoisotopic (exact) mass is 614 g/mol. The van der Waals surface area contributed by atoms with Crippen LogP contribution >= 0.6 is 7.82 Å². The van der Waals surface area contributed by atoms with E-state index < -0.39 is 87.9 Å². The Morgan fingerprint density at radius 2 is 1.21 bits per heavy atom. The summed E-state index contributed by atoms with van der Waals surface area (Å²) in [4.78, 5) is 34.6. The van der Waals surface area contributed by atoms with E-state index in [1.165, 1.54) is 58.2 Å². The lowest BCUT2D eigenvalue weighted by Gasteiger charge is -2.21. The molecule has 0 unspecified atom stereocenters. The fourth-order valence-corrected chi connectivity index (χ4v) is 5.55. The van der Waals surface area contributed by atoms with Crippen molar-refractivity contribution in [3.05, 3.63) is 60.2 Å². The molecule has 2 aliphatic heterocycles. The van der Waals surface area contributed by atoms with Gasteiger partial charge in [0.05, 0.1) is 13.2 Å². The highest BCUT2D eigenvalue weighted by atomic mass is 31.2. The zero-order valence-electron chi connectivity index (χ0n) is 22.1. The molecule has 0 saturated carbocycles. The largest absolute Gasteiger partial charge is 0.532 e. The van der Waals surface area contributed by atoms with Gasteiger partial charge in [0.1, 0.15) is 35.5 Å². The van der Waals surface area contributed by atoms with E-state index in [2.05, 4.69) is 0 Å². The van der Waals surface area contributed by atoms with Gasteiger partial charge < -0.3 is 45.9 Å². The number of carbonyl (C=O) groups excluding carboxylic acids is 3. The average Bonchev–Trinajstić information content (AvgIpc) is 3.40. The molecule has 2 aromatic heterocycles. The molecule has 0 bridgehead atoms. The summed E-state index contributed by atoms with van der Waals surface area (Å²) in [6.07, 6.45) is -5.58. The second-order valence-corrected chi connectivity index (χ2v) is 11.1. The Kier molecular flexibility index (Phi) is 9.67. The molecular weight excluding hydrogens is 583 g/mol. The first-order valence-electron chi connectivity index (χ1n) is 12.5. The highest BCUT2D eigenvalue weighted by molar-refractivity contribution is 7.49. The number of amides is 2. The topological polar surface area (TPSA) is 255 Å². The standard InChI is InChI=1S/C24H29N4O13P/c1-12(29)41-42(36,37-10-15-17(30)19(32)23(39-15)27-6-2-4-13(8-27)21(25)34)38-11-16-18(31)20(33)24(40-16)28-7-3-5-14(9-28)22(26)35/h2-9,15-20,23-24,30-33H,10-11H2,1H3,(H2-2,25,26,34,35)/p+2/t15-,16-,17-,18-,19-,20-,23-,24-/m1/s1. The molecule has 17 nitrogen and oxygen atoms in total. The molecule has 8 N–H and O–H groups in total. The van der Waals surface area contributed by atoms with Crippen molar-refractivity contribution in [2.75, 3.05) is 13.2 Å². The van der Waals surface area contributed by atoms with Crippen LogP contribution in [0.1, 0.15) is 40.1 Å². The van der Waals surface area contributed by atoms with E-state index in [1.54, 1.807) is 0 Å². The molecule has 2 fully saturated rings. The number of nitrogens with two attached hydrogens (primary N) is 2. The minimum Gasteiger partial charge on any atom is -0.387 e. The van der Waals surface area contributed by atoms with E-state index >= 15 is 0 Å². The number of pyridine rings is 2. The van der Waals surface area contributed by atoms with Crippen LogP contribution in [0.2, 0.25) is 0 Å². The van der Waals surface area contributed by atoms with E-state index in [9.17, 15) is 39.4 Å². The molecule has 0 aliphatic carbocycles. The number of nitrogens with zero attached hydrogens (tertiary/aromatic N) is 2. The molecule has 0 aromatic carbocycles. The minimum absolute atomic E-state index is 0.109. The highest BCUT2D eigenvalue weighted by Gasteiger charge is 2.51. The third-order valence-electron chi connectivity index (χ3n) is 6.51. The number of ether oxygens (including phenoxy) is 2. The third kappa shape index (κ3) is 6.97. The first-order chi connectivity index (χ1) is 19.8. The van der Waals surface area contributed by atoms with Gasteiger partial charge in [0.25, 0.3) is 24.3 Å². The van der Waals surface area contributed by atoms with Crippen LogP contribution in [0, 0.1) is 0 Å². The van der Waals surface area contributed by atoms with Crippen LogP contribution in [-0.2, 0) is 32.4 Å². The number of rotatable bonds is 11. The van der Waals surface area contributed by atoms with Gasteiger partial charge in [-0.05, 0) is 12.1 Å². The van der Waals surface area contributed by atoms with Crippen molar-refractivity contribution in [3.8, 4) is 0 Å². The number of phosphoric acid groups is 1. The Hall–Kier alpha value is -3.38. The summed E-state index contributed by atoms with van der Waals surface area (Å²) >= 11 is 0. The molecule has 2 amide bonds. The number of primary amides is 2. The Balaban J connectivity index is 1.41. The summed E-state index contributed by atoms with van der Waals surface area (Å²) in [5, 5.41) is 42.0. The fourth-order valence-electron chi connectivity index (χ4n) is 4.40. The number of aromatic nitrogens is 2.